The number of halogens is 3. The molecule has 1 aliphatic rings. The number of rotatable bonds is 1. The first kappa shape index (κ1) is 10.0. The highest BCUT2D eigenvalue weighted by Crippen LogP contribution is 2.33. The monoisotopic (exact) mass is 216 g/mol. The lowest BCUT2D eigenvalue weighted by Gasteiger charge is -2.11. The number of ether oxygens (including phenoxy) is 1. The summed E-state index contributed by atoms with van der Waals surface area (Å²) in [5.41, 5.74) is 0.705. The van der Waals surface area contributed by atoms with Crippen molar-refractivity contribution in [2.75, 3.05) is 0 Å². The topological polar surface area (TPSA) is 26.3 Å². The molecule has 0 spiro atoms. The van der Waals surface area contributed by atoms with E-state index in [4.69, 9.17) is 0 Å². The maximum absolute atomic E-state index is 12.0. The van der Waals surface area contributed by atoms with Gasteiger partial charge < -0.3 is 4.74 Å². The highest BCUT2D eigenvalue weighted by Gasteiger charge is 2.34. The summed E-state index contributed by atoms with van der Waals surface area (Å²) in [6.07, 6.45) is -4.01. The number of hydrogen-bond acceptors (Lipinski definition) is 2. The maximum Gasteiger partial charge on any atom is 0.573 e. The molecular formula is C10H7F3O2. The third-order valence-corrected chi connectivity index (χ3v) is 2.24. The van der Waals surface area contributed by atoms with Crippen LogP contribution in [0, 0.1) is 0 Å². The molecule has 1 aliphatic carbocycles. The van der Waals surface area contributed by atoms with E-state index in [0.29, 0.717) is 12.0 Å². The molecule has 15 heavy (non-hydrogen) atoms. The zero-order valence-corrected chi connectivity index (χ0v) is 7.60. The number of Topliss-reactive ketones (excluding diaryl/α,β-unsaturated/α-hetero) is 1. The molecule has 0 unspecified atom stereocenters. The van der Waals surface area contributed by atoms with Crippen molar-refractivity contribution in [3.05, 3.63) is 29.3 Å². The fraction of sp³-hybridized carbons (Fsp3) is 0.300. The molecule has 1 aromatic carbocycles. The molecule has 2 rings (SSSR count). The van der Waals surface area contributed by atoms with E-state index in [1.54, 1.807) is 6.07 Å². The predicted molar refractivity (Wildman–Crippen MR) is 45.8 cm³/mol. The normalized spacial score (nSPS) is 15.3. The van der Waals surface area contributed by atoms with E-state index in [9.17, 15) is 18.0 Å². The fourth-order valence-electron chi connectivity index (χ4n) is 1.68. The molecule has 2 nitrogen and oxygen atoms in total. The van der Waals surface area contributed by atoms with E-state index in [-0.39, 0.29) is 23.5 Å². The standard InChI is InChI=1S/C10H7F3O2/c11-10(12,13)15-8-3-1-2-6-4-5-7(14)9(6)8/h1-3H,4-5H2. The van der Waals surface area contributed by atoms with Crippen LogP contribution in [0.2, 0.25) is 0 Å². The van der Waals surface area contributed by atoms with Gasteiger partial charge in [0.05, 0.1) is 5.56 Å². The molecule has 0 atom stereocenters. The van der Waals surface area contributed by atoms with Crippen molar-refractivity contribution in [2.45, 2.75) is 19.2 Å². The second-order valence-electron chi connectivity index (χ2n) is 3.26. The average molecular weight is 216 g/mol. The van der Waals surface area contributed by atoms with Crippen molar-refractivity contribution in [1.82, 2.24) is 0 Å². The van der Waals surface area contributed by atoms with Crippen LogP contribution in [0.15, 0.2) is 18.2 Å². The van der Waals surface area contributed by atoms with Gasteiger partial charge in [0.15, 0.2) is 5.78 Å². The van der Waals surface area contributed by atoms with E-state index in [1.165, 1.54) is 6.07 Å². The Morgan fingerprint density at radius 3 is 2.60 bits per heavy atom. The Kier molecular flexibility index (Phi) is 2.17. The zero-order chi connectivity index (χ0) is 11.1. The van der Waals surface area contributed by atoms with Gasteiger partial charge >= 0.3 is 6.36 Å². The second kappa shape index (κ2) is 3.25. The van der Waals surface area contributed by atoms with Gasteiger partial charge in [-0.3, -0.25) is 4.79 Å². The quantitative estimate of drug-likeness (QED) is 0.721. The van der Waals surface area contributed by atoms with Crippen LogP contribution in [0.1, 0.15) is 22.3 Å². The molecule has 0 amide bonds. The average Bonchev–Trinajstić information content (AvgIpc) is 2.46. The molecule has 80 valence electrons. The van der Waals surface area contributed by atoms with Gasteiger partial charge in [-0.1, -0.05) is 12.1 Å². The third-order valence-electron chi connectivity index (χ3n) is 2.24. The first-order chi connectivity index (χ1) is 6.97. The molecule has 1 aromatic rings. The Balaban J connectivity index is 2.41. The van der Waals surface area contributed by atoms with Gasteiger partial charge in [-0.05, 0) is 18.1 Å². The summed E-state index contributed by atoms with van der Waals surface area (Å²) in [7, 11) is 0. The Hall–Kier alpha value is -1.52. The molecule has 0 saturated carbocycles. The molecule has 0 radical (unpaired) electrons. The minimum atomic E-state index is -4.75. The molecule has 0 aromatic heterocycles. The summed E-state index contributed by atoms with van der Waals surface area (Å²) >= 11 is 0. The SMILES string of the molecule is O=C1CCc2cccc(OC(F)(F)F)c21. The van der Waals surface area contributed by atoms with E-state index in [2.05, 4.69) is 4.74 Å². The summed E-state index contributed by atoms with van der Waals surface area (Å²) in [6, 6.07) is 4.26. The Morgan fingerprint density at radius 2 is 1.93 bits per heavy atom. The number of carbonyl (C=O) groups excluding carboxylic acids is 1. The molecule has 0 heterocycles. The highest BCUT2D eigenvalue weighted by molar-refractivity contribution is 6.02. The summed E-state index contributed by atoms with van der Waals surface area (Å²) in [6.45, 7) is 0. The molecule has 0 aliphatic heterocycles. The van der Waals surface area contributed by atoms with Crippen LogP contribution in [0.5, 0.6) is 5.75 Å². The number of aryl methyl sites for hydroxylation is 1. The van der Waals surface area contributed by atoms with Crippen molar-refractivity contribution < 1.29 is 22.7 Å². The van der Waals surface area contributed by atoms with Gasteiger partial charge in [0.25, 0.3) is 0 Å². The van der Waals surface area contributed by atoms with Gasteiger partial charge in [-0.2, -0.15) is 0 Å². The van der Waals surface area contributed by atoms with Crippen molar-refractivity contribution in [3.8, 4) is 5.75 Å². The second-order valence-corrected chi connectivity index (χ2v) is 3.26. The van der Waals surface area contributed by atoms with E-state index < -0.39 is 6.36 Å². The molecular weight excluding hydrogens is 209 g/mol. The van der Waals surface area contributed by atoms with Crippen LogP contribution in [-0.2, 0) is 6.42 Å². The minimum absolute atomic E-state index is 0.0785. The van der Waals surface area contributed by atoms with Gasteiger partial charge in [-0.25, -0.2) is 0 Å². The van der Waals surface area contributed by atoms with E-state index in [1.807, 2.05) is 0 Å². The lowest BCUT2D eigenvalue weighted by Crippen LogP contribution is -2.18. The number of fused-ring (bicyclic) bond motifs is 1. The summed E-state index contributed by atoms with van der Waals surface area (Å²) in [5, 5.41) is 0. The van der Waals surface area contributed by atoms with E-state index in [0.717, 1.165) is 6.07 Å². The number of benzene rings is 1. The van der Waals surface area contributed by atoms with Crippen LogP contribution in [0.4, 0.5) is 13.2 Å². The first-order valence-electron chi connectivity index (χ1n) is 4.38. The van der Waals surface area contributed by atoms with Crippen molar-refractivity contribution in [1.29, 1.82) is 0 Å². The third kappa shape index (κ3) is 1.95. The minimum Gasteiger partial charge on any atom is -0.405 e. The lowest BCUT2D eigenvalue weighted by molar-refractivity contribution is -0.274. The van der Waals surface area contributed by atoms with Gasteiger partial charge in [0.1, 0.15) is 5.75 Å². The fourth-order valence-corrected chi connectivity index (χ4v) is 1.68. The summed E-state index contributed by atoms with van der Waals surface area (Å²) in [5.74, 6) is -0.674. The highest BCUT2D eigenvalue weighted by atomic mass is 19.4. The zero-order valence-electron chi connectivity index (χ0n) is 7.60. The van der Waals surface area contributed by atoms with Crippen molar-refractivity contribution in [3.63, 3.8) is 0 Å². The molecule has 5 heteroatoms. The van der Waals surface area contributed by atoms with Crippen LogP contribution in [-0.4, -0.2) is 12.1 Å². The number of ketones is 1. The Bertz CT molecular complexity index is 410. The number of hydrogen-bond donors (Lipinski definition) is 0. The van der Waals surface area contributed by atoms with Crippen molar-refractivity contribution >= 4 is 5.78 Å². The van der Waals surface area contributed by atoms with Crippen LogP contribution in [0.25, 0.3) is 0 Å². The Labute approximate surface area is 83.7 Å². The lowest BCUT2D eigenvalue weighted by atomic mass is 10.1. The van der Waals surface area contributed by atoms with Gasteiger partial charge in [-0.15, -0.1) is 13.2 Å². The van der Waals surface area contributed by atoms with Crippen molar-refractivity contribution in [2.24, 2.45) is 0 Å². The molecule has 0 fully saturated rings. The van der Waals surface area contributed by atoms with Crippen LogP contribution >= 0.6 is 0 Å². The molecule has 0 N–H and O–H groups in total. The van der Waals surface area contributed by atoms with Gasteiger partial charge in [0.2, 0.25) is 0 Å². The van der Waals surface area contributed by atoms with Crippen LogP contribution in [0.3, 0.4) is 0 Å². The summed E-state index contributed by atoms with van der Waals surface area (Å²) in [4.78, 5) is 11.3. The predicted octanol–water partition coefficient (Wildman–Crippen LogP) is 2.71. The Morgan fingerprint density at radius 1 is 1.20 bits per heavy atom. The number of alkyl halides is 3. The first-order valence-corrected chi connectivity index (χ1v) is 4.38. The van der Waals surface area contributed by atoms with E-state index >= 15 is 0 Å². The maximum atomic E-state index is 12.0. The smallest absolute Gasteiger partial charge is 0.405 e. The molecule has 0 bridgehead atoms. The largest absolute Gasteiger partial charge is 0.573 e. The number of carbonyl (C=O) groups is 1. The van der Waals surface area contributed by atoms with Crippen LogP contribution < -0.4 is 4.74 Å². The summed E-state index contributed by atoms with van der Waals surface area (Å²) < 4.78 is 39.8. The molecule has 0 saturated heterocycles. The van der Waals surface area contributed by atoms with Gasteiger partial charge in [0, 0.05) is 6.42 Å².